The summed E-state index contributed by atoms with van der Waals surface area (Å²) >= 11 is 0. The van der Waals surface area contributed by atoms with Gasteiger partial charge >= 0.3 is 23.9 Å². The van der Waals surface area contributed by atoms with Gasteiger partial charge in [-0.2, -0.15) is 47.9 Å². The first-order valence-corrected chi connectivity index (χ1v) is 6.82. The summed E-state index contributed by atoms with van der Waals surface area (Å²) in [6.07, 6.45) is -9.68. The Kier molecular flexibility index (Phi) is 5.62. The second-order valence-electron chi connectivity index (χ2n) is 3.98. The fourth-order valence-electron chi connectivity index (χ4n) is 1.07. The van der Waals surface area contributed by atoms with Crippen molar-refractivity contribution in [3.05, 3.63) is 0 Å². The van der Waals surface area contributed by atoms with Gasteiger partial charge in [0.05, 0.1) is 12.9 Å². The van der Waals surface area contributed by atoms with Crippen LogP contribution in [0.1, 0.15) is 12.8 Å². The van der Waals surface area contributed by atoms with E-state index >= 15 is 0 Å². The SMILES string of the molecule is CS(=O)(=O)OCCCC(F)(F)C(F)(F)C(F)(F)C(F)(F)F. The molecule has 0 N–H and O–H groups in total. The molecule has 0 bridgehead atoms. The molecule has 21 heavy (non-hydrogen) atoms. The Hall–Kier alpha value is -0.720. The minimum atomic E-state index is -6.94. The first-order chi connectivity index (χ1) is 8.96. The van der Waals surface area contributed by atoms with Crippen LogP contribution >= 0.6 is 0 Å². The first-order valence-electron chi connectivity index (χ1n) is 5.00. The molecule has 0 aliphatic heterocycles. The van der Waals surface area contributed by atoms with Crippen LogP contribution in [-0.2, 0) is 14.3 Å². The number of hydrogen-bond acceptors (Lipinski definition) is 3. The van der Waals surface area contributed by atoms with Crippen LogP contribution in [0.4, 0.5) is 39.5 Å². The Morgan fingerprint density at radius 2 is 1.29 bits per heavy atom. The molecule has 0 heterocycles. The summed E-state index contributed by atoms with van der Waals surface area (Å²) in [5.74, 6) is -19.3. The molecular weight excluding hydrogens is 347 g/mol. The Bertz CT molecular complexity index is 454. The van der Waals surface area contributed by atoms with E-state index in [1.807, 2.05) is 0 Å². The van der Waals surface area contributed by atoms with Gasteiger partial charge in [0.15, 0.2) is 0 Å². The van der Waals surface area contributed by atoms with Crippen LogP contribution in [-0.4, -0.2) is 45.2 Å². The molecule has 0 aliphatic rings. The summed E-state index contributed by atoms with van der Waals surface area (Å²) < 4.78 is 136. The second-order valence-corrected chi connectivity index (χ2v) is 5.62. The van der Waals surface area contributed by atoms with Gasteiger partial charge in [-0.15, -0.1) is 0 Å². The van der Waals surface area contributed by atoms with E-state index in [-0.39, 0.29) is 0 Å². The van der Waals surface area contributed by atoms with Gasteiger partial charge in [0.1, 0.15) is 0 Å². The summed E-state index contributed by atoms with van der Waals surface area (Å²) in [6, 6.07) is 0. The van der Waals surface area contributed by atoms with Crippen LogP contribution < -0.4 is 0 Å². The zero-order valence-electron chi connectivity index (χ0n) is 10.2. The molecule has 0 aromatic rings. The molecule has 13 heteroatoms. The summed E-state index contributed by atoms with van der Waals surface area (Å²) in [7, 11) is -4.09. The normalized spacial score (nSPS) is 15.3. The van der Waals surface area contributed by atoms with E-state index in [1.165, 1.54) is 0 Å². The number of hydrogen-bond donors (Lipinski definition) is 0. The Morgan fingerprint density at radius 1 is 0.857 bits per heavy atom. The lowest BCUT2D eigenvalue weighted by molar-refractivity contribution is -0.396. The molecule has 0 atom stereocenters. The van der Waals surface area contributed by atoms with Crippen LogP contribution in [0.15, 0.2) is 0 Å². The van der Waals surface area contributed by atoms with Crippen molar-refractivity contribution in [2.75, 3.05) is 12.9 Å². The van der Waals surface area contributed by atoms with Crippen molar-refractivity contribution >= 4 is 10.1 Å². The van der Waals surface area contributed by atoms with E-state index in [0.717, 1.165) is 0 Å². The van der Waals surface area contributed by atoms with Crippen molar-refractivity contribution in [1.82, 2.24) is 0 Å². The average molecular weight is 356 g/mol. The molecule has 0 radical (unpaired) electrons. The summed E-state index contributed by atoms with van der Waals surface area (Å²) in [6.45, 7) is -1.07. The van der Waals surface area contributed by atoms with E-state index in [9.17, 15) is 47.9 Å². The van der Waals surface area contributed by atoms with Crippen molar-refractivity contribution < 1.29 is 52.1 Å². The third-order valence-corrected chi connectivity index (χ3v) is 2.74. The monoisotopic (exact) mass is 356 g/mol. The third-order valence-electron chi connectivity index (χ3n) is 2.14. The highest BCUT2D eigenvalue weighted by atomic mass is 32.2. The molecule has 0 amide bonds. The molecule has 0 aromatic carbocycles. The average Bonchev–Trinajstić information content (AvgIpc) is 2.21. The van der Waals surface area contributed by atoms with Crippen molar-refractivity contribution in [2.24, 2.45) is 0 Å². The molecule has 0 fully saturated rings. The Morgan fingerprint density at radius 3 is 1.62 bits per heavy atom. The van der Waals surface area contributed by atoms with Gasteiger partial charge in [-0.3, -0.25) is 4.18 Å². The van der Waals surface area contributed by atoms with Crippen molar-refractivity contribution in [1.29, 1.82) is 0 Å². The maximum atomic E-state index is 12.9. The highest BCUT2D eigenvalue weighted by Crippen LogP contribution is 2.54. The molecule has 0 saturated carbocycles. The zero-order chi connectivity index (χ0) is 17.3. The van der Waals surface area contributed by atoms with Crippen molar-refractivity contribution in [2.45, 2.75) is 36.8 Å². The lowest BCUT2D eigenvalue weighted by atomic mass is 10.00. The lowest BCUT2D eigenvalue weighted by Gasteiger charge is -2.33. The second kappa shape index (κ2) is 5.82. The highest BCUT2D eigenvalue weighted by Gasteiger charge is 2.81. The smallest absolute Gasteiger partial charge is 0.270 e. The van der Waals surface area contributed by atoms with Gasteiger partial charge in [0.2, 0.25) is 0 Å². The van der Waals surface area contributed by atoms with Gasteiger partial charge in [0, 0.05) is 6.42 Å². The quantitative estimate of drug-likeness (QED) is 0.400. The molecule has 0 unspecified atom stereocenters. The topological polar surface area (TPSA) is 43.4 Å². The number of alkyl halides is 9. The van der Waals surface area contributed by atoms with E-state index in [2.05, 4.69) is 4.18 Å². The summed E-state index contributed by atoms with van der Waals surface area (Å²) in [4.78, 5) is 0. The molecule has 0 aromatic heterocycles. The lowest BCUT2D eigenvalue weighted by Crippen LogP contribution is -2.60. The van der Waals surface area contributed by atoms with E-state index in [1.54, 1.807) is 0 Å². The maximum absolute atomic E-state index is 12.9. The minimum absolute atomic E-state index is 0.498. The number of rotatable bonds is 7. The highest BCUT2D eigenvalue weighted by molar-refractivity contribution is 7.85. The van der Waals surface area contributed by atoms with Crippen LogP contribution in [0.3, 0.4) is 0 Å². The van der Waals surface area contributed by atoms with Gasteiger partial charge in [0.25, 0.3) is 10.1 Å². The van der Waals surface area contributed by atoms with Crippen LogP contribution in [0.25, 0.3) is 0 Å². The third kappa shape index (κ3) is 4.63. The van der Waals surface area contributed by atoms with Gasteiger partial charge in [-0.05, 0) is 6.42 Å². The van der Waals surface area contributed by atoms with E-state index in [0.29, 0.717) is 6.26 Å². The van der Waals surface area contributed by atoms with Crippen LogP contribution in [0, 0.1) is 0 Å². The number of halogens is 9. The zero-order valence-corrected chi connectivity index (χ0v) is 11.0. The maximum Gasteiger partial charge on any atom is 0.460 e. The Labute approximate surface area is 113 Å². The molecule has 128 valence electrons. The van der Waals surface area contributed by atoms with E-state index < -0.39 is 53.5 Å². The molecule has 0 saturated heterocycles. The molecule has 0 spiro atoms. The predicted molar refractivity (Wildman–Crippen MR) is 50.9 cm³/mol. The fraction of sp³-hybridized carbons (Fsp3) is 1.00. The minimum Gasteiger partial charge on any atom is -0.270 e. The van der Waals surface area contributed by atoms with Gasteiger partial charge in [-0.25, -0.2) is 0 Å². The predicted octanol–water partition coefficient (Wildman–Crippen LogP) is 3.21. The largest absolute Gasteiger partial charge is 0.460 e. The van der Waals surface area contributed by atoms with Crippen molar-refractivity contribution in [3.8, 4) is 0 Å². The van der Waals surface area contributed by atoms with Crippen LogP contribution in [0.2, 0.25) is 0 Å². The summed E-state index contributed by atoms with van der Waals surface area (Å²) in [5, 5.41) is 0. The van der Waals surface area contributed by atoms with Crippen molar-refractivity contribution in [3.63, 3.8) is 0 Å². The van der Waals surface area contributed by atoms with Gasteiger partial charge < -0.3 is 0 Å². The summed E-state index contributed by atoms with van der Waals surface area (Å²) in [5.41, 5.74) is 0. The van der Waals surface area contributed by atoms with E-state index in [4.69, 9.17) is 0 Å². The fourth-order valence-corrected chi connectivity index (χ4v) is 1.49. The van der Waals surface area contributed by atoms with Crippen LogP contribution in [0.5, 0.6) is 0 Å². The molecule has 0 rings (SSSR count). The molecule has 3 nitrogen and oxygen atoms in total. The molecule has 0 aliphatic carbocycles. The first kappa shape index (κ1) is 20.3. The molecular formula is C8H9F9O3S. The van der Waals surface area contributed by atoms with Gasteiger partial charge in [-0.1, -0.05) is 0 Å². The standard InChI is InChI=1S/C8H9F9O3S/c1-21(18,19)20-4-2-3-5(9,10)6(11,12)7(13,14)8(15,16)17/h2-4H2,1H3. The Balaban J connectivity index is 4.97.